The highest BCUT2D eigenvalue weighted by molar-refractivity contribution is 6.02. The van der Waals surface area contributed by atoms with Gasteiger partial charge >= 0.3 is 11.3 Å². The first-order valence-corrected chi connectivity index (χ1v) is 12.8. The maximum atomic E-state index is 12.9. The van der Waals surface area contributed by atoms with Crippen molar-refractivity contribution in [2.45, 2.75) is 13.3 Å². The molecule has 210 valence electrons. The Hall–Kier alpha value is -5.84. The van der Waals surface area contributed by atoms with Crippen molar-refractivity contribution >= 4 is 33.7 Å². The van der Waals surface area contributed by atoms with Crippen LogP contribution in [0.5, 0.6) is 5.75 Å². The molecule has 5 aromatic rings. The summed E-state index contributed by atoms with van der Waals surface area (Å²) in [5.41, 5.74) is 5.21. The van der Waals surface area contributed by atoms with Crippen molar-refractivity contribution in [3.63, 3.8) is 0 Å². The lowest BCUT2D eigenvalue weighted by Crippen LogP contribution is -2.15. The summed E-state index contributed by atoms with van der Waals surface area (Å²) in [6.45, 7) is 1.85. The maximum absolute atomic E-state index is 12.9. The number of hydrogen-bond donors (Lipinski definition) is 1. The van der Waals surface area contributed by atoms with E-state index in [0.29, 0.717) is 34.6 Å². The topological polar surface area (TPSA) is 150 Å². The summed E-state index contributed by atoms with van der Waals surface area (Å²) in [5, 5.41) is 27.7. The van der Waals surface area contributed by atoms with Crippen molar-refractivity contribution < 1.29 is 19.0 Å². The van der Waals surface area contributed by atoms with E-state index in [4.69, 9.17) is 9.15 Å². The van der Waals surface area contributed by atoms with Crippen molar-refractivity contribution in [1.82, 2.24) is 0 Å². The van der Waals surface area contributed by atoms with E-state index in [0.717, 1.165) is 28.6 Å². The molecule has 1 aromatic heterocycles. The molecule has 0 unspecified atom stereocenters. The molecule has 0 aliphatic carbocycles. The van der Waals surface area contributed by atoms with E-state index < -0.39 is 26.8 Å². The average molecular weight is 565 g/mol. The molecule has 4 aromatic carbocycles. The van der Waals surface area contributed by atoms with Gasteiger partial charge in [-0.25, -0.2) is 4.79 Å². The number of aryl methyl sites for hydroxylation is 1. The van der Waals surface area contributed by atoms with E-state index in [1.807, 2.05) is 49.4 Å². The number of non-ortho nitro benzene ring substituents is 1. The van der Waals surface area contributed by atoms with Crippen molar-refractivity contribution in [1.29, 1.82) is 0 Å². The van der Waals surface area contributed by atoms with E-state index in [-0.39, 0.29) is 12.3 Å². The van der Waals surface area contributed by atoms with Gasteiger partial charge in [-0.1, -0.05) is 60.7 Å². The van der Waals surface area contributed by atoms with Gasteiger partial charge in [-0.15, -0.1) is 0 Å². The molecule has 11 heteroatoms. The second-order valence-corrected chi connectivity index (χ2v) is 9.35. The quantitative estimate of drug-likeness (QED) is 0.0885. The molecule has 42 heavy (non-hydrogen) atoms. The van der Waals surface area contributed by atoms with Crippen LogP contribution in [0.2, 0.25) is 0 Å². The molecule has 0 aliphatic heterocycles. The molecule has 5 rings (SSSR count). The van der Waals surface area contributed by atoms with Gasteiger partial charge in [0.05, 0.1) is 15.9 Å². The molecule has 0 atom stereocenters. The fraction of sp³-hybridized carbons (Fsp3) is 0.0968. The van der Waals surface area contributed by atoms with Crippen LogP contribution in [0.3, 0.4) is 0 Å². The largest absolute Gasteiger partial charge is 0.487 e. The van der Waals surface area contributed by atoms with Crippen LogP contribution in [0.15, 0.2) is 111 Å². The second-order valence-electron chi connectivity index (χ2n) is 9.35. The number of anilines is 1. The Balaban J connectivity index is 1.41. The monoisotopic (exact) mass is 564 g/mol. The fourth-order valence-corrected chi connectivity index (χ4v) is 4.44. The molecule has 0 saturated carbocycles. The summed E-state index contributed by atoms with van der Waals surface area (Å²) in [7, 11) is 0. The van der Waals surface area contributed by atoms with Crippen LogP contribution < -0.4 is 15.8 Å². The highest BCUT2D eigenvalue weighted by Crippen LogP contribution is 2.29. The molecule has 0 radical (unpaired) electrons. The molecular weight excluding hydrogens is 540 g/mol. The number of hydrazone groups is 1. The van der Waals surface area contributed by atoms with Crippen LogP contribution in [0, 0.1) is 27.2 Å². The summed E-state index contributed by atoms with van der Waals surface area (Å²) in [5.74, 6) is 0.422. The van der Waals surface area contributed by atoms with Gasteiger partial charge in [0.15, 0.2) is 0 Å². The third-order valence-corrected chi connectivity index (χ3v) is 6.67. The van der Waals surface area contributed by atoms with E-state index >= 15 is 0 Å². The van der Waals surface area contributed by atoms with Crippen molar-refractivity contribution in [3.05, 3.63) is 150 Å². The highest BCUT2D eigenvalue weighted by Gasteiger charge is 2.20. The Labute approximate surface area is 239 Å². The number of nitrogens with zero attached hydrogens (tertiary/aromatic N) is 3. The van der Waals surface area contributed by atoms with E-state index in [1.54, 1.807) is 36.4 Å². The standard InChI is InChI=1S/C31H24N4O7/c1-20-25-14-13-24(18-30(25)42-31(36)26(20)16-21-8-4-2-5-9-21)41-19-28(22-10-6-3-7-11-22)33-32-27-15-12-23(34(37)38)17-29(27)35(39)40/h2-15,17-18,32H,16,19H2,1H3/b33-28+. The lowest BCUT2D eigenvalue weighted by atomic mass is 10.00. The van der Waals surface area contributed by atoms with Crippen LogP contribution >= 0.6 is 0 Å². The summed E-state index contributed by atoms with van der Waals surface area (Å²) in [6, 6.07) is 27.2. The fourth-order valence-electron chi connectivity index (χ4n) is 4.44. The molecule has 0 fully saturated rings. The number of benzene rings is 4. The van der Waals surface area contributed by atoms with Gasteiger partial charge in [-0.3, -0.25) is 25.7 Å². The zero-order valence-electron chi connectivity index (χ0n) is 22.4. The summed E-state index contributed by atoms with van der Waals surface area (Å²) >= 11 is 0. The lowest BCUT2D eigenvalue weighted by Gasteiger charge is -2.12. The minimum absolute atomic E-state index is 0.0201. The zero-order chi connectivity index (χ0) is 29.6. The minimum Gasteiger partial charge on any atom is -0.487 e. The first-order valence-electron chi connectivity index (χ1n) is 12.8. The second kappa shape index (κ2) is 12.1. The number of ether oxygens (including phenoxy) is 1. The smallest absolute Gasteiger partial charge is 0.340 e. The summed E-state index contributed by atoms with van der Waals surface area (Å²) in [4.78, 5) is 34.0. The predicted molar refractivity (Wildman–Crippen MR) is 158 cm³/mol. The molecule has 11 nitrogen and oxygen atoms in total. The predicted octanol–water partition coefficient (Wildman–Crippen LogP) is 6.40. The van der Waals surface area contributed by atoms with Gasteiger partial charge in [0.2, 0.25) is 0 Å². The lowest BCUT2D eigenvalue weighted by molar-refractivity contribution is -0.393. The Morgan fingerprint density at radius 3 is 2.31 bits per heavy atom. The molecule has 0 bridgehead atoms. The molecule has 0 aliphatic rings. The maximum Gasteiger partial charge on any atom is 0.340 e. The Bertz CT molecular complexity index is 1870. The summed E-state index contributed by atoms with van der Waals surface area (Å²) in [6.07, 6.45) is 0.458. The Morgan fingerprint density at radius 1 is 0.905 bits per heavy atom. The third kappa shape index (κ3) is 6.15. The van der Waals surface area contributed by atoms with Gasteiger partial charge < -0.3 is 9.15 Å². The normalized spacial score (nSPS) is 11.3. The van der Waals surface area contributed by atoms with Gasteiger partial charge in [0.1, 0.15) is 29.3 Å². The molecular formula is C31H24N4O7. The molecule has 1 N–H and O–H groups in total. The minimum atomic E-state index is -0.723. The first kappa shape index (κ1) is 27.7. The first-order chi connectivity index (χ1) is 20.3. The Kier molecular flexibility index (Phi) is 8.00. The number of rotatable bonds is 10. The van der Waals surface area contributed by atoms with Crippen LogP contribution in [-0.4, -0.2) is 22.2 Å². The van der Waals surface area contributed by atoms with E-state index in [2.05, 4.69) is 10.5 Å². The average Bonchev–Trinajstić information content (AvgIpc) is 3.00. The zero-order valence-corrected chi connectivity index (χ0v) is 22.4. The third-order valence-electron chi connectivity index (χ3n) is 6.67. The van der Waals surface area contributed by atoms with Gasteiger partial charge in [0.25, 0.3) is 5.69 Å². The number of nitro benzene ring substituents is 2. The van der Waals surface area contributed by atoms with Crippen molar-refractivity contribution in [2.75, 3.05) is 12.0 Å². The van der Waals surface area contributed by atoms with Crippen molar-refractivity contribution in [3.8, 4) is 5.75 Å². The van der Waals surface area contributed by atoms with Crippen molar-refractivity contribution in [2.24, 2.45) is 5.10 Å². The molecule has 0 saturated heterocycles. The highest BCUT2D eigenvalue weighted by atomic mass is 16.6. The van der Waals surface area contributed by atoms with Crippen LogP contribution in [0.25, 0.3) is 11.0 Å². The molecule has 0 amide bonds. The van der Waals surface area contributed by atoms with Crippen LogP contribution in [-0.2, 0) is 6.42 Å². The van der Waals surface area contributed by atoms with E-state index in [1.165, 1.54) is 6.07 Å². The number of fused-ring (bicyclic) bond motifs is 1. The number of nitrogens with one attached hydrogen (secondary N) is 1. The molecule has 0 spiro atoms. The SMILES string of the molecule is Cc1c(Cc2ccccc2)c(=O)oc2cc(OC/C(=N\Nc3ccc([N+](=O)[O-])cc3[N+](=O)[O-])c3ccccc3)ccc12. The van der Waals surface area contributed by atoms with Crippen LogP contribution in [0.4, 0.5) is 17.1 Å². The Morgan fingerprint density at radius 2 is 1.62 bits per heavy atom. The van der Waals surface area contributed by atoms with Gasteiger partial charge in [-0.05, 0) is 36.2 Å². The molecule has 1 heterocycles. The number of nitro groups is 2. The van der Waals surface area contributed by atoms with E-state index in [9.17, 15) is 25.0 Å². The van der Waals surface area contributed by atoms with Crippen LogP contribution in [0.1, 0.15) is 22.3 Å². The number of hydrogen-bond acceptors (Lipinski definition) is 9. The summed E-state index contributed by atoms with van der Waals surface area (Å²) < 4.78 is 11.7. The van der Waals surface area contributed by atoms with Gasteiger partial charge in [0, 0.05) is 35.1 Å². The van der Waals surface area contributed by atoms with Gasteiger partial charge in [-0.2, -0.15) is 5.10 Å².